The lowest BCUT2D eigenvalue weighted by Crippen LogP contribution is -2.25. The highest BCUT2D eigenvalue weighted by Gasteiger charge is 2.21. The highest BCUT2D eigenvalue weighted by Crippen LogP contribution is 2.37. The number of halogens is 2. The summed E-state index contributed by atoms with van der Waals surface area (Å²) in [5.41, 5.74) is 3.96. The van der Waals surface area contributed by atoms with Crippen molar-refractivity contribution in [1.29, 1.82) is 0 Å². The molecule has 0 N–H and O–H groups in total. The lowest BCUT2D eigenvalue weighted by Gasteiger charge is -2.31. The van der Waals surface area contributed by atoms with Gasteiger partial charge in [0.15, 0.2) is 0 Å². The molecular formula is C15H14BrClN2. The molecule has 0 spiro atoms. The Labute approximate surface area is 126 Å². The summed E-state index contributed by atoms with van der Waals surface area (Å²) in [4.78, 5) is 6.73. The number of pyridine rings is 1. The van der Waals surface area contributed by atoms with Crippen molar-refractivity contribution in [1.82, 2.24) is 4.98 Å². The predicted molar refractivity (Wildman–Crippen MR) is 83.5 cm³/mol. The van der Waals surface area contributed by atoms with Crippen molar-refractivity contribution in [3.05, 3.63) is 51.1 Å². The molecule has 0 amide bonds. The van der Waals surface area contributed by atoms with Crippen LogP contribution in [0.25, 0.3) is 0 Å². The van der Waals surface area contributed by atoms with Crippen LogP contribution in [0.5, 0.6) is 0 Å². The minimum atomic E-state index is 0.650. The number of hydrogen-bond acceptors (Lipinski definition) is 2. The van der Waals surface area contributed by atoms with Crippen molar-refractivity contribution in [2.45, 2.75) is 19.8 Å². The van der Waals surface area contributed by atoms with E-state index in [1.807, 2.05) is 6.07 Å². The van der Waals surface area contributed by atoms with Crippen molar-refractivity contribution >= 4 is 39.0 Å². The van der Waals surface area contributed by atoms with Crippen LogP contribution in [0.15, 0.2) is 34.9 Å². The van der Waals surface area contributed by atoms with Gasteiger partial charge in [0.05, 0.1) is 9.50 Å². The second kappa shape index (κ2) is 5.14. The first-order valence-corrected chi connectivity index (χ1v) is 7.50. The second-order valence-corrected chi connectivity index (χ2v) is 6.14. The van der Waals surface area contributed by atoms with Gasteiger partial charge in [-0.15, -0.1) is 0 Å². The number of fused-ring (bicyclic) bond motifs is 1. The van der Waals surface area contributed by atoms with E-state index in [4.69, 9.17) is 11.6 Å². The average molecular weight is 338 g/mol. The Hall–Kier alpha value is -1.06. The summed E-state index contributed by atoms with van der Waals surface area (Å²) in [5.74, 6) is 0.939. The molecule has 1 aliphatic heterocycles. The maximum absolute atomic E-state index is 5.97. The fraction of sp³-hybridized carbons (Fsp3) is 0.267. The van der Waals surface area contributed by atoms with Gasteiger partial charge >= 0.3 is 0 Å². The van der Waals surface area contributed by atoms with Gasteiger partial charge in [0.2, 0.25) is 0 Å². The molecule has 0 aliphatic carbocycles. The largest absolute Gasteiger partial charge is 0.325 e. The van der Waals surface area contributed by atoms with Gasteiger partial charge in [-0.05, 0) is 53.4 Å². The Balaban J connectivity index is 2.08. The number of hydrogen-bond donors (Lipinski definition) is 0. The molecule has 0 atom stereocenters. The first-order valence-electron chi connectivity index (χ1n) is 6.33. The Morgan fingerprint density at radius 1 is 1.32 bits per heavy atom. The molecule has 1 aliphatic rings. The van der Waals surface area contributed by atoms with Crippen LogP contribution in [0.3, 0.4) is 0 Å². The molecule has 0 radical (unpaired) electrons. The van der Waals surface area contributed by atoms with Gasteiger partial charge in [-0.1, -0.05) is 29.3 Å². The molecule has 0 fully saturated rings. The van der Waals surface area contributed by atoms with Gasteiger partial charge in [0.25, 0.3) is 0 Å². The van der Waals surface area contributed by atoms with E-state index >= 15 is 0 Å². The van der Waals surface area contributed by atoms with E-state index in [-0.39, 0.29) is 0 Å². The summed E-state index contributed by atoms with van der Waals surface area (Å²) in [6.45, 7) is 3.12. The van der Waals surface area contributed by atoms with Gasteiger partial charge in [-0.3, -0.25) is 0 Å². The molecule has 1 aromatic heterocycles. The second-order valence-electron chi connectivity index (χ2n) is 4.85. The fourth-order valence-electron chi connectivity index (χ4n) is 2.55. The quantitative estimate of drug-likeness (QED) is 0.736. The molecule has 2 nitrogen and oxygen atoms in total. The van der Waals surface area contributed by atoms with Gasteiger partial charge in [-0.2, -0.15) is 0 Å². The van der Waals surface area contributed by atoms with Gasteiger partial charge < -0.3 is 4.90 Å². The number of aryl methyl sites for hydroxylation is 2. The molecule has 4 heteroatoms. The molecule has 98 valence electrons. The molecule has 0 unspecified atom stereocenters. The normalized spacial score (nSPS) is 14.4. The lowest BCUT2D eigenvalue weighted by molar-refractivity contribution is 0.758. The van der Waals surface area contributed by atoms with Gasteiger partial charge in [-0.25, -0.2) is 4.98 Å². The van der Waals surface area contributed by atoms with E-state index in [1.165, 1.54) is 16.8 Å². The summed E-state index contributed by atoms with van der Waals surface area (Å²) in [7, 11) is 0. The molecular weight excluding hydrogens is 324 g/mol. The van der Waals surface area contributed by atoms with E-state index in [0.29, 0.717) is 5.02 Å². The monoisotopic (exact) mass is 336 g/mol. The molecule has 0 bridgehead atoms. The Bertz CT molecular complexity index is 628. The molecule has 19 heavy (non-hydrogen) atoms. The number of nitrogens with zero attached hydrogens (tertiary/aromatic N) is 2. The Morgan fingerprint density at radius 3 is 2.95 bits per heavy atom. The van der Waals surface area contributed by atoms with Crippen LogP contribution in [0, 0.1) is 6.92 Å². The van der Waals surface area contributed by atoms with E-state index in [0.717, 1.165) is 29.7 Å². The van der Waals surface area contributed by atoms with Crippen molar-refractivity contribution in [3.8, 4) is 0 Å². The van der Waals surface area contributed by atoms with Crippen molar-refractivity contribution in [2.24, 2.45) is 0 Å². The third kappa shape index (κ3) is 2.49. The summed E-state index contributed by atoms with van der Waals surface area (Å²) in [5, 5.41) is 0.650. The Morgan fingerprint density at radius 2 is 2.16 bits per heavy atom. The SMILES string of the molecule is Cc1ccc2c(c1)CCCN2c1ncc(Cl)cc1Br. The smallest absolute Gasteiger partial charge is 0.147 e. The average Bonchev–Trinajstić information content (AvgIpc) is 2.38. The number of benzene rings is 1. The molecule has 2 aromatic rings. The van der Waals surface area contributed by atoms with Crippen LogP contribution in [0.1, 0.15) is 17.5 Å². The first-order chi connectivity index (χ1) is 9.15. The predicted octanol–water partition coefficient (Wildman–Crippen LogP) is 4.89. The minimum absolute atomic E-state index is 0.650. The van der Waals surface area contributed by atoms with Crippen LogP contribution in [-0.4, -0.2) is 11.5 Å². The zero-order chi connectivity index (χ0) is 13.4. The maximum atomic E-state index is 5.97. The Kier molecular flexibility index (Phi) is 3.50. The van der Waals surface area contributed by atoms with E-state index in [9.17, 15) is 0 Å². The van der Waals surface area contributed by atoms with Crippen LogP contribution in [0.2, 0.25) is 5.02 Å². The summed E-state index contributed by atoms with van der Waals surface area (Å²) >= 11 is 9.53. The van der Waals surface area contributed by atoms with Crippen LogP contribution in [0.4, 0.5) is 11.5 Å². The number of rotatable bonds is 1. The highest BCUT2D eigenvalue weighted by molar-refractivity contribution is 9.10. The van der Waals surface area contributed by atoms with E-state index in [1.54, 1.807) is 6.20 Å². The van der Waals surface area contributed by atoms with Gasteiger partial charge in [0, 0.05) is 18.4 Å². The van der Waals surface area contributed by atoms with E-state index in [2.05, 4.69) is 50.9 Å². The number of aromatic nitrogens is 1. The van der Waals surface area contributed by atoms with Crippen LogP contribution < -0.4 is 4.90 Å². The van der Waals surface area contributed by atoms with Crippen LogP contribution >= 0.6 is 27.5 Å². The molecule has 3 rings (SSSR count). The highest BCUT2D eigenvalue weighted by atomic mass is 79.9. The van der Waals surface area contributed by atoms with Crippen molar-refractivity contribution < 1.29 is 0 Å². The zero-order valence-corrected chi connectivity index (χ0v) is 13.0. The fourth-order valence-corrected chi connectivity index (χ4v) is 3.40. The molecule has 0 saturated carbocycles. The summed E-state index contributed by atoms with van der Waals surface area (Å²) < 4.78 is 0.938. The summed E-state index contributed by atoms with van der Waals surface area (Å²) in [6.07, 6.45) is 3.98. The van der Waals surface area contributed by atoms with Gasteiger partial charge in [0.1, 0.15) is 5.82 Å². The lowest BCUT2D eigenvalue weighted by atomic mass is 9.99. The standard InChI is InChI=1S/C15H14BrClN2/c1-10-4-5-14-11(7-10)3-2-6-19(14)15-13(16)8-12(17)9-18-15/h4-5,7-9H,2-3,6H2,1H3. The third-order valence-corrected chi connectivity index (χ3v) is 4.19. The first kappa shape index (κ1) is 12.9. The number of anilines is 2. The van der Waals surface area contributed by atoms with E-state index < -0.39 is 0 Å². The minimum Gasteiger partial charge on any atom is -0.325 e. The summed E-state index contributed by atoms with van der Waals surface area (Å²) in [6, 6.07) is 8.51. The molecule has 1 aromatic carbocycles. The topological polar surface area (TPSA) is 16.1 Å². The zero-order valence-electron chi connectivity index (χ0n) is 10.7. The molecule has 0 saturated heterocycles. The van der Waals surface area contributed by atoms with Crippen LogP contribution in [-0.2, 0) is 6.42 Å². The third-order valence-electron chi connectivity index (χ3n) is 3.40. The van der Waals surface area contributed by atoms with Crippen molar-refractivity contribution in [3.63, 3.8) is 0 Å². The van der Waals surface area contributed by atoms with Crippen molar-refractivity contribution in [2.75, 3.05) is 11.4 Å². The maximum Gasteiger partial charge on any atom is 0.147 e. The molecule has 2 heterocycles.